The topological polar surface area (TPSA) is 38.4 Å². The van der Waals surface area contributed by atoms with Gasteiger partial charge in [-0.3, -0.25) is 4.99 Å². The molecule has 0 atom stereocenters. The molecule has 4 heteroatoms. The fourth-order valence-electron chi connectivity index (χ4n) is 1.28. The molecule has 0 spiro atoms. The van der Waals surface area contributed by atoms with Crippen LogP contribution < -0.4 is 5.73 Å². The molecule has 0 aliphatic rings. The average molecular weight is 268 g/mol. The summed E-state index contributed by atoms with van der Waals surface area (Å²) in [5, 5.41) is 0. The van der Waals surface area contributed by atoms with Gasteiger partial charge >= 0.3 is 0 Å². The first-order valence-electron chi connectivity index (χ1n) is 6.24. The number of halogens is 2. The minimum Gasteiger partial charge on any atom is -0.397 e. The summed E-state index contributed by atoms with van der Waals surface area (Å²) in [6, 6.07) is 7.45. The number of hydrogen-bond donors (Lipinski definition) is 1. The van der Waals surface area contributed by atoms with E-state index < -0.39 is 11.6 Å². The molecule has 0 aliphatic heterocycles. The number of alkyl halides is 2. The van der Waals surface area contributed by atoms with Gasteiger partial charge < -0.3 is 5.73 Å². The first kappa shape index (κ1) is 17.3. The smallest absolute Gasteiger partial charge is 0.284 e. The van der Waals surface area contributed by atoms with E-state index in [2.05, 4.69) is 4.99 Å². The Kier molecular flexibility index (Phi) is 6.98. The van der Waals surface area contributed by atoms with Crippen molar-refractivity contribution in [2.24, 2.45) is 10.7 Å². The molecular formula is C15H22F2N2. The Labute approximate surface area is 114 Å². The fourth-order valence-corrected chi connectivity index (χ4v) is 1.28. The quantitative estimate of drug-likeness (QED) is 0.828. The van der Waals surface area contributed by atoms with Crippen molar-refractivity contribution in [3.63, 3.8) is 0 Å². The number of nitrogens with two attached hydrogens (primary N) is 1. The Morgan fingerprint density at radius 1 is 1.21 bits per heavy atom. The van der Waals surface area contributed by atoms with E-state index in [4.69, 9.17) is 5.73 Å². The van der Waals surface area contributed by atoms with Crippen LogP contribution in [0.2, 0.25) is 0 Å². The fraction of sp³-hybridized carbons (Fsp3) is 0.400. The third kappa shape index (κ3) is 5.64. The number of benzene rings is 1. The van der Waals surface area contributed by atoms with E-state index >= 15 is 0 Å². The summed E-state index contributed by atoms with van der Waals surface area (Å²) in [5.41, 5.74) is 7.15. The lowest BCUT2D eigenvalue weighted by atomic mass is 10.1. The van der Waals surface area contributed by atoms with E-state index in [1.807, 2.05) is 45.0 Å². The average Bonchev–Trinajstić information content (AvgIpc) is 2.38. The largest absolute Gasteiger partial charge is 0.397 e. The van der Waals surface area contributed by atoms with Crippen LogP contribution in [0.3, 0.4) is 0 Å². The molecule has 1 aromatic rings. The second-order valence-corrected chi connectivity index (χ2v) is 3.96. The van der Waals surface area contributed by atoms with Crippen molar-refractivity contribution in [2.75, 3.05) is 7.05 Å². The third-order valence-corrected chi connectivity index (χ3v) is 2.39. The Morgan fingerprint density at radius 2 is 1.68 bits per heavy atom. The van der Waals surface area contributed by atoms with Gasteiger partial charge in [-0.25, -0.2) is 8.78 Å². The Hall–Kier alpha value is -1.71. The zero-order valence-electron chi connectivity index (χ0n) is 12.2. The number of allylic oxidation sites excluding steroid dienone is 2. The first-order valence-corrected chi connectivity index (χ1v) is 6.24. The summed E-state index contributed by atoms with van der Waals surface area (Å²) in [7, 11) is 1.55. The van der Waals surface area contributed by atoms with Gasteiger partial charge in [-0.1, -0.05) is 43.7 Å². The molecule has 0 saturated heterocycles. The lowest BCUT2D eigenvalue weighted by Crippen LogP contribution is -2.22. The third-order valence-electron chi connectivity index (χ3n) is 2.39. The van der Waals surface area contributed by atoms with Crippen LogP contribution in [0.1, 0.15) is 31.9 Å². The molecule has 0 bridgehead atoms. The first-order chi connectivity index (χ1) is 8.84. The van der Waals surface area contributed by atoms with Gasteiger partial charge in [0, 0.05) is 14.0 Å². The van der Waals surface area contributed by atoms with Crippen molar-refractivity contribution < 1.29 is 8.78 Å². The molecular weight excluding hydrogens is 246 g/mol. The van der Waals surface area contributed by atoms with E-state index in [1.165, 1.54) is 6.08 Å². The zero-order chi connectivity index (χ0) is 15.1. The maximum atomic E-state index is 12.9. The highest BCUT2D eigenvalue weighted by Crippen LogP contribution is 2.19. The summed E-state index contributed by atoms with van der Waals surface area (Å²) >= 11 is 0. The van der Waals surface area contributed by atoms with Gasteiger partial charge in [0.05, 0.1) is 11.4 Å². The predicted octanol–water partition coefficient (Wildman–Crippen LogP) is 3.94. The summed E-state index contributed by atoms with van der Waals surface area (Å²) in [5.74, 6) is -3.03. The van der Waals surface area contributed by atoms with Gasteiger partial charge in [0.25, 0.3) is 5.92 Å². The minimum absolute atomic E-state index is 0.448. The van der Waals surface area contributed by atoms with Crippen LogP contribution in [-0.2, 0) is 0 Å². The van der Waals surface area contributed by atoms with Gasteiger partial charge in [0.2, 0.25) is 0 Å². The summed E-state index contributed by atoms with van der Waals surface area (Å²) in [4.78, 5) is 3.97. The molecule has 0 radical (unpaired) electrons. The number of nitrogens with zero attached hydrogens (tertiary/aromatic N) is 1. The second-order valence-electron chi connectivity index (χ2n) is 3.96. The number of hydrogen-bond acceptors (Lipinski definition) is 2. The number of rotatable bonds is 3. The molecule has 0 unspecified atom stereocenters. The maximum Gasteiger partial charge on any atom is 0.284 e. The van der Waals surface area contributed by atoms with Gasteiger partial charge in [-0.2, -0.15) is 0 Å². The molecule has 0 aromatic heterocycles. The molecule has 0 heterocycles. The van der Waals surface area contributed by atoms with E-state index in [1.54, 1.807) is 7.05 Å². The summed E-state index contributed by atoms with van der Waals surface area (Å²) in [6.07, 6.45) is 1.21. The maximum absolute atomic E-state index is 12.9. The second kappa shape index (κ2) is 7.67. The van der Waals surface area contributed by atoms with Crippen molar-refractivity contribution in [2.45, 2.75) is 33.6 Å². The molecule has 2 N–H and O–H groups in total. The highest BCUT2D eigenvalue weighted by atomic mass is 19.3. The summed E-state index contributed by atoms with van der Waals surface area (Å²) in [6.45, 7) is 6.72. The normalized spacial score (nSPS) is 12.8. The van der Waals surface area contributed by atoms with E-state index in [-0.39, 0.29) is 0 Å². The lowest BCUT2D eigenvalue weighted by Gasteiger charge is -2.11. The van der Waals surface area contributed by atoms with E-state index in [9.17, 15) is 8.78 Å². The molecule has 1 aromatic carbocycles. The van der Waals surface area contributed by atoms with Crippen LogP contribution in [0.25, 0.3) is 0 Å². The lowest BCUT2D eigenvalue weighted by molar-refractivity contribution is 0.0619. The van der Waals surface area contributed by atoms with Gasteiger partial charge in [0.15, 0.2) is 0 Å². The SMILES string of the molecule is CC.CN=C(/C=C(\N)C(C)(F)F)c1ccc(C)cc1. The monoisotopic (exact) mass is 268 g/mol. The Balaban J connectivity index is 0.00000154. The van der Waals surface area contributed by atoms with Gasteiger partial charge in [-0.15, -0.1) is 0 Å². The van der Waals surface area contributed by atoms with Crippen molar-refractivity contribution in [1.82, 2.24) is 0 Å². The van der Waals surface area contributed by atoms with Crippen LogP contribution in [0.15, 0.2) is 41.0 Å². The zero-order valence-corrected chi connectivity index (χ0v) is 12.2. The molecule has 19 heavy (non-hydrogen) atoms. The van der Waals surface area contributed by atoms with E-state index in [0.29, 0.717) is 5.71 Å². The van der Waals surface area contributed by atoms with Crippen LogP contribution in [0, 0.1) is 6.92 Å². The Morgan fingerprint density at radius 3 is 2.05 bits per heavy atom. The molecule has 2 nitrogen and oxygen atoms in total. The number of aliphatic imine (C=N–C) groups is 1. The number of aryl methyl sites for hydroxylation is 1. The van der Waals surface area contributed by atoms with E-state index in [0.717, 1.165) is 18.1 Å². The molecule has 0 amide bonds. The van der Waals surface area contributed by atoms with Crippen LogP contribution in [0.5, 0.6) is 0 Å². The van der Waals surface area contributed by atoms with Crippen LogP contribution in [-0.4, -0.2) is 18.7 Å². The van der Waals surface area contributed by atoms with Gasteiger partial charge in [0.1, 0.15) is 0 Å². The predicted molar refractivity (Wildman–Crippen MR) is 77.9 cm³/mol. The van der Waals surface area contributed by atoms with Crippen LogP contribution in [0.4, 0.5) is 8.78 Å². The van der Waals surface area contributed by atoms with Crippen molar-refractivity contribution in [3.8, 4) is 0 Å². The molecule has 0 aliphatic carbocycles. The van der Waals surface area contributed by atoms with Crippen molar-refractivity contribution in [1.29, 1.82) is 0 Å². The summed E-state index contributed by atoms with van der Waals surface area (Å²) < 4.78 is 25.9. The molecule has 0 fully saturated rings. The molecule has 1 rings (SSSR count). The minimum atomic E-state index is -3.03. The highest BCUT2D eigenvalue weighted by molar-refractivity contribution is 6.09. The van der Waals surface area contributed by atoms with Crippen molar-refractivity contribution >= 4 is 5.71 Å². The van der Waals surface area contributed by atoms with Gasteiger partial charge in [-0.05, 0) is 18.6 Å². The highest BCUT2D eigenvalue weighted by Gasteiger charge is 2.25. The molecule has 106 valence electrons. The van der Waals surface area contributed by atoms with Crippen LogP contribution >= 0.6 is 0 Å². The standard InChI is InChI=1S/C13H16F2N2.C2H6/c1-9-4-6-10(7-5-9)11(17-3)8-12(16)13(2,14)15;1-2/h4-8H,16H2,1-3H3;1-2H3/b12-8-,17-11?;. The van der Waals surface area contributed by atoms with Crippen molar-refractivity contribution in [3.05, 3.63) is 47.2 Å². The Bertz CT molecular complexity index is 440. The molecule has 0 saturated carbocycles.